The first-order valence-corrected chi connectivity index (χ1v) is 8.45. The van der Waals surface area contributed by atoms with Crippen LogP contribution < -0.4 is 10.6 Å². The lowest BCUT2D eigenvalue weighted by atomic mass is 10.2. The summed E-state index contributed by atoms with van der Waals surface area (Å²) in [5.74, 6) is 1.25. The van der Waals surface area contributed by atoms with Gasteiger partial charge in [0.05, 0.1) is 19.3 Å². The molecule has 1 fully saturated rings. The fourth-order valence-corrected chi connectivity index (χ4v) is 2.52. The van der Waals surface area contributed by atoms with Gasteiger partial charge in [0.25, 0.3) is 0 Å². The number of benzene rings is 1. The molecule has 6 heteroatoms. The van der Waals surface area contributed by atoms with Crippen LogP contribution in [-0.2, 0) is 16.1 Å². The van der Waals surface area contributed by atoms with Crippen LogP contribution in [0.15, 0.2) is 35.3 Å². The van der Waals surface area contributed by atoms with Crippen LogP contribution in [0.4, 0.5) is 0 Å². The molecule has 0 spiro atoms. The number of halogens is 1. The number of guanidine groups is 1. The van der Waals surface area contributed by atoms with E-state index in [1.165, 1.54) is 5.56 Å². The van der Waals surface area contributed by atoms with Crippen LogP contribution in [-0.4, -0.2) is 45.4 Å². The summed E-state index contributed by atoms with van der Waals surface area (Å²) in [6.07, 6.45) is 2.61. The van der Waals surface area contributed by atoms with Gasteiger partial charge < -0.3 is 20.1 Å². The standard InChI is InChI=1S/C18H29N3O2.HI/c1-15(13-22-14-16-7-4-3-5-8-16)11-20-18(19-2)21-12-17-9-6-10-23-17;/h3-5,7-8,15,17H,6,9-14H2,1-2H3,(H2,19,20,21);1H. The van der Waals surface area contributed by atoms with E-state index in [0.717, 1.165) is 45.1 Å². The van der Waals surface area contributed by atoms with Gasteiger partial charge in [-0.3, -0.25) is 4.99 Å². The van der Waals surface area contributed by atoms with Gasteiger partial charge in [0, 0.05) is 26.7 Å². The zero-order chi connectivity index (χ0) is 16.3. The van der Waals surface area contributed by atoms with Crippen molar-refractivity contribution in [2.75, 3.05) is 33.4 Å². The molecule has 2 N–H and O–H groups in total. The van der Waals surface area contributed by atoms with Gasteiger partial charge in [-0.2, -0.15) is 0 Å². The second-order valence-corrected chi connectivity index (χ2v) is 6.07. The molecule has 1 saturated heterocycles. The molecule has 0 radical (unpaired) electrons. The van der Waals surface area contributed by atoms with E-state index in [1.54, 1.807) is 7.05 Å². The van der Waals surface area contributed by atoms with E-state index >= 15 is 0 Å². The zero-order valence-corrected chi connectivity index (χ0v) is 17.0. The Morgan fingerprint density at radius 1 is 1.33 bits per heavy atom. The Morgan fingerprint density at radius 2 is 2.12 bits per heavy atom. The lowest BCUT2D eigenvalue weighted by Gasteiger charge is -2.18. The Hall–Kier alpha value is -0.860. The average Bonchev–Trinajstić information content (AvgIpc) is 3.09. The third-order valence-corrected chi connectivity index (χ3v) is 3.88. The quantitative estimate of drug-likeness (QED) is 0.366. The summed E-state index contributed by atoms with van der Waals surface area (Å²) in [6.45, 7) is 6.10. The Kier molecular flexibility index (Phi) is 11.0. The lowest BCUT2D eigenvalue weighted by Crippen LogP contribution is -2.42. The van der Waals surface area contributed by atoms with E-state index in [2.05, 4.69) is 34.7 Å². The molecule has 2 atom stereocenters. The molecular formula is C18H30IN3O2. The van der Waals surface area contributed by atoms with E-state index in [0.29, 0.717) is 18.6 Å². The third kappa shape index (κ3) is 8.30. The van der Waals surface area contributed by atoms with E-state index < -0.39 is 0 Å². The van der Waals surface area contributed by atoms with E-state index in [-0.39, 0.29) is 24.0 Å². The summed E-state index contributed by atoms with van der Waals surface area (Å²) < 4.78 is 11.4. The predicted octanol–water partition coefficient (Wildman–Crippen LogP) is 2.80. The van der Waals surface area contributed by atoms with E-state index in [9.17, 15) is 0 Å². The van der Waals surface area contributed by atoms with Gasteiger partial charge in [0.1, 0.15) is 0 Å². The molecule has 1 aliphatic heterocycles. The molecule has 0 bridgehead atoms. The minimum Gasteiger partial charge on any atom is -0.376 e. The normalized spacial score (nSPS) is 18.8. The predicted molar refractivity (Wildman–Crippen MR) is 109 cm³/mol. The summed E-state index contributed by atoms with van der Waals surface area (Å²) in [5, 5.41) is 6.67. The fraction of sp³-hybridized carbons (Fsp3) is 0.611. The van der Waals surface area contributed by atoms with Crippen LogP contribution in [0.25, 0.3) is 0 Å². The highest BCUT2D eigenvalue weighted by molar-refractivity contribution is 14.0. The van der Waals surface area contributed by atoms with E-state index in [4.69, 9.17) is 9.47 Å². The Bertz CT molecular complexity index is 465. The number of nitrogens with zero attached hydrogens (tertiary/aromatic N) is 1. The number of rotatable bonds is 8. The second kappa shape index (κ2) is 12.5. The summed E-state index contributed by atoms with van der Waals surface area (Å²) in [5.41, 5.74) is 1.21. The topological polar surface area (TPSA) is 54.9 Å². The molecule has 136 valence electrons. The number of aliphatic imine (C=N–C) groups is 1. The molecule has 1 aliphatic rings. The molecule has 0 aliphatic carbocycles. The SMILES string of the molecule is CN=C(NCC(C)COCc1ccccc1)NCC1CCCO1.I. The first-order chi connectivity index (χ1) is 11.3. The average molecular weight is 447 g/mol. The minimum atomic E-state index is 0. The summed E-state index contributed by atoms with van der Waals surface area (Å²) in [7, 11) is 1.79. The summed E-state index contributed by atoms with van der Waals surface area (Å²) in [4.78, 5) is 4.25. The largest absolute Gasteiger partial charge is 0.376 e. The van der Waals surface area contributed by atoms with E-state index in [1.807, 2.05) is 18.2 Å². The fourth-order valence-electron chi connectivity index (χ4n) is 2.52. The highest BCUT2D eigenvalue weighted by atomic mass is 127. The molecular weight excluding hydrogens is 417 g/mol. The summed E-state index contributed by atoms with van der Waals surface area (Å²) >= 11 is 0. The van der Waals surface area contributed by atoms with Gasteiger partial charge in [-0.15, -0.1) is 24.0 Å². The molecule has 1 aromatic rings. The highest BCUT2D eigenvalue weighted by Gasteiger charge is 2.15. The van der Waals surface area contributed by atoms with Crippen molar-refractivity contribution < 1.29 is 9.47 Å². The van der Waals surface area contributed by atoms with Gasteiger partial charge >= 0.3 is 0 Å². The van der Waals surface area contributed by atoms with Gasteiger partial charge in [0.2, 0.25) is 0 Å². The van der Waals surface area contributed by atoms with Crippen LogP contribution in [0, 0.1) is 5.92 Å². The van der Waals surface area contributed by atoms with Gasteiger partial charge in [-0.1, -0.05) is 37.3 Å². The van der Waals surface area contributed by atoms with Crippen molar-refractivity contribution in [3.05, 3.63) is 35.9 Å². The van der Waals surface area contributed by atoms with Crippen LogP contribution in [0.5, 0.6) is 0 Å². The molecule has 0 saturated carbocycles. The van der Waals surface area contributed by atoms with Crippen molar-refractivity contribution in [1.82, 2.24) is 10.6 Å². The molecule has 0 aromatic heterocycles. The van der Waals surface area contributed by atoms with Crippen molar-refractivity contribution in [3.63, 3.8) is 0 Å². The number of hydrogen-bond donors (Lipinski definition) is 2. The zero-order valence-electron chi connectivity index (χ0n) is 14.7. The van der Waals surface area contributed by atoms with Crippen molar-refractivity contribution in [3.8, 4) is 0 Å². The monoisotopic (exact) mass is 447 g/mol. The van der Waals surface area contributed by atoms with Crippen LogP contribution in [0.1, 0.15) is 25.3 Å². The van der Waals surface area contributed by atoms with Crippen molar-refractivity contribution in [2.45, 2.75) is 32.5 Å². The molecule has 2 unspecified atom stereocenters. The molecule has 2 rings (SSSR count). The maximum Gasteiger partial charge on any atom is 0.191 e. The Balaban J connectivity index is 0.00000288. The van der Waals surface area contributed by atoms with Crippen LogP contribution in [0.3, 0.4) is 0 Å². The number of ether oxygens (including phenoxy) is 2. The van der Waals surface area contributed by atoms with Gasteiger partial charge in [-0.05, 0) is 24.3 Å². The van der Waals surface area contributed by atoms with Gasteiger partial charge in [-0.25, -0.2) is 0 Å². The summed E-state index contributed by atoms with van der Waals surface area (Å²) in [6, 6.07) is 10.3. The Labute approximate surface area is 162 Å². The molecule has 24 heavy (non-hydrogen) atoms. The Morgan fingerprint density at radius 3 is 2.79 bits per heavy atom. The third-order valence-electron chi connectivity index (χ3n) is 3.88. The van der Waals surface area contributed by atoms with Crippen molar-refractivity contribution in [1.29, 1.82) is 0 Å². The second-order valence-electron chi connectivity index (χ2n) is 6.07. The number of hydrogen-bond acceptors (Lipinski definition) is 3. The maximum absolute atomic E-state index is 5.77. The minimum absolute atomic E-state index is 0. The van der Waals surface area contributed by atoms with Crippen molar-refractivity contribution >= 4 is 29.9 Å². The first-order valence-electron chi connectivity index (χ1n) is 8.45. The van der Waals surface area contributed by atoms with Crippen LogP contribution in [0.2, 0.25) is 0 Å². The maximum atomic E-state index is 5.77. The molecule has 1 aromatic carbocycles. The van der Waals surface area contributed by atoms with Crippen molar-refractivity contribution in [2.24, 2.45) is 10.9 Å². The smallest absolute Gasteiger partial charge is 0.191 e. The number of nitrogens with one attached hydrogen (secondary N) is 2. The molecule has 0 amide bonds. The highest BCUT2D eigenvalue weighted by Crippen LogP contribution is 2.10. The van der Waals surface area contributed by atoms with Gasteiger partial charge in [0.15, 0.2) is 5.96 Å². The molecule has 5 nitrogen and oxygen atoms in total. The molecule has 1 heterocycles. The van der Waals surface area contributed by atoms with Crippen LogP contribution >= 0.6 is 24.0 Å². The lowest BCUT2D eigenvalue weighted by molar-refractivity contribution is 0.0930. The first kappa shape index (κ1) is 21.2.